The van der Waals surface area contributed by atoms with E-state index in [1.807, 2.05) is 0 Å². The lowest BCUT2D eigenvalue weighted by atomic mass is 9.87. The number of aliphatic carboxylic acids is 1. The Hall–Kier alpha value is -1.66. The Morgan fingerprint density at radius 3 is 2.48 bits per heavy atom. The maximum atomic E-state index is 12.4. The topological polar surface area (TPSA) is 167 Å². The summed E-state index contributed by atoms with van der Waals surface area (Å²) >= 11 is 1.01. The summed E-state index contributed by atoms with van der Waals surface area (Å²) < 4.78 is 31.6. The van der Waals surface area contributed by atoms with Gasteiger partial charge < -0.3 is 20.5 Å². The maximum absolute atomic E-state index is 12.4. The monoisotopic (exact) mass is 484 g/mol. The highest BCUT2D eigenvalue weighted by atomic mass is 32.2. The van der Waals surface area contributed by atoms with E-state index >= 15 is 0 Å². The second-order valence-corrected chi connectivity index (χ2v) is 10.3. The molecule has 0 radical (unpaired) electrons. The van der Waals surface area contributed by atoms with Crippen molar-refractivity contribution in [2.75, 3.05) is 39.7 Å². The zero-order valence-electron chi connectivity index (χ0n) is 17.9. The summed E-state index contributed by atoms with van der Waals surface area (Å²) in [5.74, 6) is -2.38. The van der Waals surface area contributed by atoms with Gasteiger partial charge in [-0.1, -0.05) is 13.8 Å². The van der Waals surface area contributed by atoms with E-state index in [-0.39, 0.29) is 44.2 Å². The lowest BCUT2D eigenvalue weighted by Crippen LogP contribution is -2.50. The molecule has 0 saturated carbocycles. The largest absolute Gasteiger partial charge is 0.480 e. The molecule has 1 aliphatic rings. The van der Waals surface area contributed by atoms with Gasteiger partial charge in [0.1, 0.15) is 5.25 Å². The van der Waals surface area contributed by atoms with E-state index in [2.05, 4.69) is 15.4 Å². The van der Waals surface area contributed by atoms with Gasteiger partial charge in [0.2, 0.25) is 11.8 Å². The van der Waals surface area contributed by atoms with Crippen LogP contribution in [0, 0.1) is 5.41 Å². The molecule has 1 aliphatic heterocycles. The van der Waals surface area contributed by atoms with Crippen LogP contribution in [0.3, 0.4) is 0 Å². The number of carboxylic acids is 1. The third-order valence-electron chi connectivity index (χ3n) is 4.25. The molecule has 0 aromatic carbocycles. The van der Waals surface area contributed by atoms with Gasteiger partial charge in [0.15, 0.2) is 6.10 Å². The fourth-order valence-electron chi connectivity index (χ4n) is 2.45. The number of hydrogen-bond donors (Lipinski definition) is 3. The van der Waals surface area contributed by atoms with E-state index in [0.717, 1.165) is 18.9 Å². The molecular formula is C17H29N2O10PS. The lowest BCUT2D eigenvalue weighted by Gasteiger charge is -2.39. The van der Waals surface area contributed by atoms with Gasteiger partial charge in [-0.15, -0.1) is 11.8 Å². The van der Waals surface area contributed by atoms with Crippen LogP contribution in [0.25, 0.3) is 0 Å². The summed E-state index contributed by atoms with van der Waals surface area (Å²) in [5.41, 5.74) is -0.749. The predicted octanol–water partition coefficient (Wildman–Crippen LogP) is 0.555. The molecule has 2 unspecified atom stereocenters. The van der Waals surface area contributed by atoms with Crippen LogP contribution in [0.5, 0.6) is 0 Å². The van der Waals surface area contributed by atoms with Crippen molar-refractivity contribution < 1.29 is 47.2 Å². The summed E-state index contributed by atoms with van der Waals surface area (Å²) in [6.45, 7) is 3.64. The molecule has 1 heterocycles. The highest BCUT2D eigenvalue weighted by Crippen LogP contribution is 2.56. The van der Waals surface area contributed by atoms with Gasteiger partial charge in [-0.3, -0.25) is 32.7 Å². The van der Waals surface area contributed by atoms with Crippen LogP contribution in [-0.2, 0) is 42.1 Å². The van der Waals surface area contributed by atoms with Gasteiger partial charge in [0.05, 0.1) is 20.1 Å². The first kappa shape index (κ1) is 27.4. The van der Waals surface area contributed by atoms with Crippen LogP contribution < -0.4 is 10.6 Å². The van der Waals surface area contributed by atoms with Gasteiger partial charge in [-0.05, 0) is 0 Å². The van der Waals surface area contributed by atoms with Crippen LogP contribution in [-0.4, -0.2) is 79.9 Å². The summed E-state index contributed by atoms with van der Waals surface area (Å²) in [4.78, 5) is 46.6. The fraction of sp³-hybridized carbons (Fsp3) is 0.765. The summed E-state index contributed by atoms with van der Waals surface area (Å²) in [5, 5.41) is 13.3. The van der Waals surface area contributed by atoms with E-state index in [0.29, 0.717) is 0 Å². The molecule has 2 amide bonds. The second-order valence-electron chi connectivity index (χ2n) is 7.25. The van der Waals surface area contributed by atoms with E-state index in [1.165, 1.54) is 7.11 Å². The molecule has 0 aliphatic carbocycles. The Morgan fingerprint density at radius 1 is 1.23 bits per heavy atom. The normalized spacial score (nSPS) is 23.4. The molecule has 178 valence electrons. The summed E-state index contributed by atoms with van der Waals surface area (Å²) in [6, 6.07) is 0. The first-order valence-electron chi connectivity index (χ1n) is 9.38. The van der Waals surface area contributed by atoms with Crippen molar-refractivity contribution in [3.63, 3.8) is 0 Å². The van der Waals surface area contributed by atoms with Crippen molar-refractivity contribution >= 4 is 43.3 Å². The van der Waals surface area contributed by atoms with Crippen LogP contribution in [0.2, 0.25) is 0 Å². The maximum Gasteiger partial charge on any atom is 0.475 e. The highest BCUT2D eigenvalue weighted by Gasteiger charge is 2.48. The molecule has 14 heteroatoms. The molecule has 31 heavy (non-hydrogen) atoms. The average molecular weight is 484 g/mol. The van der Waals surface area contributed by atoms with E-state index in [9.17, 15) is 23.7 Å². The number of rotatable bonds is 12. The van der Waals surface area contributed by atoms with Crippen molar-refractivity contribution in [1.29, 1.82) is 0 Å². The lowest BCUT2D eigenvalue weighted by molar-refractivity contribution is -0.145. The summed E-state index contributed by atoms with van der Waals surface area (Å²) in [7, 11) is -1.46. The molecule has 3 atom stereocenters. The smallest absolute Gasteiger partial charge is 0.475 e. The third kappa shape index (κ3) is 9.16. The van der Waals surface area contributed by atoms with Crippen LogP contribution in [0.1, 0.15) is 26.7 Å². The Balaban J connectivity index is 2.35. The number of phosphoric ester groups is 1. The third-order valence-corrected chi connectivity index (χ3v) is 6.82. The Kier molecular flexibility index (Phi) is 10.9. The van der Waals surface area contributed by atoms with Crippen LogP contribution in [0.4, 0.5) is 0 Å². The number of amides is 2. The van der Waals surface area contributed by atoms with Gasteiger partial charge in [-0.25, -0.2) is 4.57 Å². The molecule has 0 aromatic rings. The van der Waals surface area contributed by atoms with Gasteiger partial charge >= 0.3 is 19.8 Å². The number of ether oxygens (including phenoxy) is 1. The number of thioether (sulfide) groups is 1. The minimum atomic E-state index is -3.79. The van der Waals surface area contributed by atoms with Gasteiger partial charge in [-0.2, -0.15) is 0 Å². The predicted molar refractivity (Wildman–Crippen MR) is 110 cm³/mol. The quantitative estimate of drug-likeness (QED) is 0.201. The zero-order valence-corrected chi connectivity index (χ0v) is 19.6. The average Bonchev–Trinajstić information content (AvgIpc) is 2.71. The highest BCUT2D eigenvalue weighted by molar-refractivity contribution is 8.00. The molecule has 0 spiro atoms. The number of methoxy groups -OCH3 is 1. The van der Waals surface area contributed by atoms with Crippen molar-refractivity contribution in [3.05, 3.63) is 0 Å². The fourth-order valence-corrected chi connectivity index (χ4v) is 4.73. The van der Waals surface area contributed by atoms with E-state index in [1.54, 1.807) is 13.8 Å². The molecule has 3 N–H and O–H groups in total. The van der Waals surface area contributed by atoms with E-state index < -0.39 is 42.4 Å². The number of esters is 1. The Morgan fingerprint density at radius 2 is 1.90 bits per heavy atom. The first-order chi connectivity index (χ1) is 14.4. The van der Waals surface area contributed by atoms with E-state index in [4.69, 9.17) is 18.7 Å². The van der Waals surface area contributed by atoms with Crippen molar-refractivity contribution in [1.82, 2.24) is 10.6 Å². The number of carbonyl (C=O) groups excluding carboxylic acids is 3. The SMILES string of the molecule is COC(=O)CC(SCCNC(=O)CCNC(=O)[C@@H]1OP(=O)(OC)OCC1(C)C)C(=O)O. The molecule has 1 fully saturated rings. The van der Waals surface area contributed by atoms with Gasteiger partial charge in [0.25, 0.3) is 0 Å². The number of hydrogen-bond acceptors (Lipinski definition) is 10. The zero-order chi connectivity index (χ0) is 23.7. The van der Waals surface area contributed by atoms with Crippen molar-refractivity contribution in [3.8, 4) is 0 Å². The van der Waals surface area contributed by atoms with Gasteiger partial charge in [0, 0.05) is 37.8 Å². The Bertz CT molecular complexity index is 717. The first-order valence-corrected chi connectivity index (χ1v) is 11.9. The molecule has 0 aromatic heterocycles. The van der Waals surface area contributed by atoms with Crippen LogP contribution >= 0.6 is 19.6 Å². The van der Waals surface area contributed by atoms with Crippen molar-refractivity contribution in [2.24, 2.45) is 5.41 Å². The molecule has 1 saturated heterocycles. The number of carboxylic acid groups (broad SMARTS) is 1. The second kappa shape index (κ2) is 12.4. The molecule has 1 rings (SSSR count). The molecule has 12 nitrogen and oxygen atoms in total. The minimum Gasteiger partial charge on any atom is -0.480 e. The van der Waals surface area contributed by atoms with Crippen LogP contribution in [0.15, 0.2) is 0 Å². The molecule has 0 bridgehead atoms. The number of phosphoric acid groups is 1. The summed E-state index contributed by atoms with van der Waals surface area (Å²) in [6.07, 6.45) is -1.36. The standard InChI is InChI=1S/C17H29N2O10PS/c1-17(2)10-28-30(25,27-4)29-14(17)15(22)19-6-5-12(20)18-7-8-31-11(16(23)24)9-13(21)26-3/h11,14H,5-10H2,1-4H3,(H,18,20)(H,19,22)(H,23,24)/t11?,14-,30?/m0/s1. The number of carbonyl (C=O) groups is 4. The minimum absolute atomic E-state index is 0.00166. The van der Waals surface area contributed by atoms with Crippen molar-refractivity contribution in [2.45, 2.75) is 38.0 Å². The Labute approximate surface area is 184 Å². The molecular weight excluding hydrogens is 455 g/mol. The number of nitrogens with one attached hydrogen (secondary N) is 2.